The maximum Gasteiger partial charge on any atom is 0.231 e. The lowest BCUT2D eigenvalue weighted by atomic mass is 9.96. The van der Waals surface area contributed by atoms with Gasteiger partial charge in [0.15, 0.2) is 5.13 Å². The number of carbonyl (C=O) groups is 2. The smallest absolute Gasteiger partial charge is 0.231 e. The number of H-pyrrole nitrogens is 1. The molecule has 0 unspecified atom stereocenters. The number of benzene rings is 1. The highest BCUT2D eigenvalue weighted by molar-refractivity contribution is 7.13. The van der Waals surface area contributed by atoms with E-state index in [1.807, 2.05) is 40.7 Å². The van der Waals surface area contributed by atoms with Gasteiger partial charge in [-0.25, -0.2) is 4.98 Å². The molecule has 1 fully saturated rings. The minimum atomic E-state index is -0.181. The Morgan fingerprint density at radius 2 is 2.23 bits per heavy atom. The summed E-state index contributed by atoms with van der Waals surface area (Å²) in [6.45, 7) is 1.18. The molecular formula is C19H20N4O2S. The molecule has 0 bridgehead atoms. The van der Waals surface area contributed by atoms with Crippen LogP contribution in [0.3, 0.4) is 0 Å². The van der Waals surface area contributed by atoms with Gasteiger partial charge in [0, 0.05) is 41.8 Å². The number of thiazole rings is 1. The van der Waals surface area contributed by atoms with Crippen LogP contribution >= 0.6 is 11.3 Å². The number of aromatic amines is 1. The molecule has 1 atom stereocenters. The van der Waals surface area contributed by atoms with E-state index in [2.05, 4.69) is 15.3 Å². The summed E-state index contributed by atoms with van der Waals surface area (Å²) in [5, 5.41) is 6.36. The van der Waals surface area contributed by atoms with Crippen molar-refractivity contribution in [2.24, 2.45) is 5.92 Å². The van der Waals surface area contributed by atoms with Crippen molar-refractivity contribution in [2.45, 2.75) is 19.3 Å². The maximum absolute atomic E-state index is 12.8. The normalized spacial score (nSPS) is 17.4. The summed E-state index contributed by atoms with van der Waals surface area (Å²) in [5.41, 5.74) is 2.04. The monoisotopic (exact) mass is 368 g/mol. The predicted octanol–water partition coefficient (Wildman–Crippen LogP) is 3.04. The van der Waals surface area contributed by atoms with E-state index >= 15 is 0 Å². The third kappa shape index (κ3) is 3.48. The predicted molar refractivity (Wildman–Crippen MR) is 102 cm³/mol. The summed E-state index contributed by atoms with van der Waals surface area (Å²) in [4.78, 5) is 34.3. The second kappa shape index (κ2) is 7.29. The maximum atomic E-state index is 12.8. The lowest BCUT2D eigenvalue weighted by Crippen LogP contribution is -2.44. The third-order valence-corrected chi connectivity index (χ3v) is 5.51. The van der Waals surface area contributed by atoms with Gasteiger partial charge in [0.05, 0.1) is 12.3 Å². The molecule has 7 heteroatoms. The van der Waals surface area contributed by atoms with Gasteiger partial charge in [-0.05, 0) is 24.5 Å². The first kappa shape index (κ1) is 16.8. The summed E-state index contributed by atoms with van der Waals surface area (Å²) in [7, 11) is 0. The number of nitrogens with one attached hydrogen (secondary N) is 2. The fourth-order valence-electron chi connectivity index (χ4n) is 3.46. The zero-order valence-corrected chi connectivity index (χ0v) is 15.1. The van der Waals surface area contributed by atoms with E-state index < -0.39 is 0 Å². The van der Waals surface area contributed by atoms with Crippen LogP contribution in [-0.2, 0) is 16.0 Å². The average molecular weight is 368 g/mol. The Morgan fingerprint density at radius 3 is 3.08 bits per heavy atom. The van der Waals surface area contributed by atoms with Crippen molar-refractivity contribution in [1.82, 2.24) is 14.9 Å². The van der Waals surface area contributed by atoms with E-state index in [9.17, 15) is 9.59 Å². The van der Waals surface area contributed by atoms with Crippen molar-refractivity contribution in [3.05, 3.63) is 47.6 Å². The van der Waals surface area contributed by atoms with Crippen molar-refractivity contribution in [2.75, 3.05) is 18.4 Å². The van der Waals surface area contributed by atoms with Gasteiger partial charge in [-0.2, -0.15) is 0 Å². The Labute approximate surface area is 155 Å². The third-order valence-electron chi connectivity index (χ3n) is 4.82. The van der Waals surface area contributed by atoms with Crippen LogP contribution in [0.2, 0.25) is 0 Å². The number of anilines is 1. The number of aromatic nitrogens is 2. The Bertz CT molecular complexity index is 919. The Hall–Kier alpha value is -2.67. The number of carbonyl (C=O) groups excluding carboxylic acids is 2. The van der Waals surface area contributed by atoms with Crippen LogP contribution in [0.25, 0.3) is 10.9 Å². The first-order chi connectivity index (χ1) is 12.7. The topological polar surface area (TPSA) is 78.1 Å². The minimum absolute atomic E-state index is 0.0513. The number of amides is 2. The van der Waals surface area contributed by atoms with Crippen LogP contribution in [0, 0.1) is 5.92 Å². The SMILES string of the molecule is O=C(Nc1nccs1)[C@H]1CCCN(C(=O)Cc2c[nH]c3ccccc23)C1. The molecule has 2 amide bonds. The fourth-order valence-corrected chi connectivity index (χ4v) is 3.99. The molecule has 26 heavy (non-hydrogen) atoms. The van der Waals surface area contributed by atoms with Crippen molar-refractivity contribution < 1.29 is 9.59 Å². The number of likely N-dealkylation sites (tertiary alicyclic amines) is 1. The molecule has 3 aromatic rings. The van der Waals surface area contributed by atoms with E-state index in [1.54, 1.807) is 6.20 Å². The van der Waals surface area contributed by atoms with Crippen molar-refractivity contribution >= 4 is 39.2 Å². The zero-order valence-electron chi connectivity index (χ0n) is 14.3. The highest BCUT2D eigenvalue weighted by Crippen LogP contribution is 2.22. The fraction of sp³-hybridized carbons (Fsp3) is 0.316. The van der Waals surface area contributed by atoms with Crippen molar-refractivity contribution in [3.63, 3.8) is 0 Å². The summed E-state index contributed by atoms with van der Waals surface area (Å²) in [5.74, 6) is -0.161. The van der Waals surface area contributed by atoms with Gasteiger partial charge in [-0.1, -0.05) is 18.2 Å². The number of fused-ring (bicyclic) bond motifs is 1. The molecule has 1 aliphatic rings. The quantitative estimate of drug-likeness (QED) is 0.743. The lowest BCUT2D eigenvalue weighted by molar-refractivity contribution is -0.133. The van der Waals surface area contributed by atoms with Gasteiger partial charge in [0.2, 0.25) is 11.8 Å². The summed E-state index contributed by atoms with van der Waals surface area (Å²) >= 11 is 1.40. The van der Waals surface area contributed by atoms with Crippen LogP contribution in [0.1, 0.15) is 18.4 Å². The van der Waals surface area contributed by atoms with Gasteiger partial charge in [0.25, 0.3) is 0 Å². The Kier molecular flexibility index (Phi) is 4.71. The second-order valence-electron chi connectivity index (χ2n) is 6.54. The van der Waals surface area contributed by atoms with Gasteiger partial charge >= 0.3 is 0 Å². The number of hydrogen-bond donors (Lipinski definition) is 2. The van der Waals surface area contributed by atoms with E-state index in [1.165, 1.54) is 11.3 Å². The summed E-state index contributed by atoms with van der Waals surface area (Å²) in [6, 6.07) is 7.98. The zero-order chi connectivity index (χ0) is 17.9. The number of hydrogen-bond acceptors (Lipinski definition) is 4. The molecule has 1 aromatic carbocycles. The molecule has 2 aromatic heterocycles. The number of para-hydroxylation sites is 1. The number of piperidine rings is 1. The molecule has 3 heterocycles. The van der Waals surface area contributed by atoms with Gasteiger partial charge in [-0.15, -0.1) is 11.3 Å². The molecule has 2 N–H and O–H groups in total. The largest absolute Gasteiger partial charge is 0.361 e. The minimum Gasteiger partial charge on any atom is -0.361 e. The number of nitrogens with zero attached hydrogens (tertiary/aromatic N) is 2. The van der Waals surface area contributed by atoms with Gasteiger partial charge < -0.3 is 15.2 Å². The van der Waals surface area contributed by atoms with Gasteiger partial charge in [-0.3, -0.25) is 9.59 Å². The van der Waals surface area contributed by atoms with Crippen LogP contribution < -0.4 is 5.32 Å². The molecule has 4 rings (SSSR count). The molecule has 0 aliphatic carbocycles. The molecule has 1 saturated heterocycles. The van der Waals surface area contributed by atoms with Crippen LogP contribution in [0.5, 0.6) is 0 Å². The first-order valence-corrected chi connectivity index (χ1v) is 9.62. The summed E-state index contributed by atoms with van der Waals surface area (Å²) < 4.78 is 0. The molecule has 0 spiro atoms. The van der Waals surface area contributed by atoms with E-state index in [4.69, 9.17) is 0 Å². The van der Waals surface area contributed by atoms with Crippen LogP contribution in [0.15, 0.2) is 42.0 Å². The van der Waals surface area contributed by atoms with Gasteiger partial charge in [0.1, 0.15) is 0 Å². The van der Waals surface area contributed by atoms with Crippen LogP contribution in [-0.4, -0.2) is 39.8 Å². The molecule has 6 nitrogen and oxygen atoms in total. The Balaban J connectivity index is 1.40. The highest BCUT2D eigenvalue weighted by atomic mass is 32.1. The van der Waals surface area contributed by atoms with Crippen molar-refractivity contribution in [1.29, 1.82) is 0 Å². The standard InChI is InChI=1S/C19H20N4O2S/c24-17(10-14-11-21-16-6-2-1-5-15(14)16)23-8-3-4-13(12-23)18(25)22-19-20-7-9-26-19/h1-2,5-7,9,11,13,21H,3-4,8,10,12H2,(H,20,22,25)/t13-/m0/s1. The second-order valence-corrected chi connectivity index (χ2v) is 7.44. The highest BCUT2D eigenvalue weighted by Gasteiger charge is 2.29. The molecule has 0 radical (unpaired) electrons. The first-order valence-electron chi connectivity index (χ1n) is 8.74. The van der Waals surface area contributed by atoms with E-state index in [-0.39, 0.29) is 17.7 Å². The molecule has 1 aliphatic heterocycles. The lowest BCUT2D eigenvalue weighted by Gasteiger charge is -2.32. The molecule has 0 saturated carbocycles. The van der Waals surface area contributed by atoms with Crippen LogP contribution in [0.4, 0.5) is 5.13 Å². The molecule has 134 valence electrons. The average Bonchev–Trinajstić information content (AvgIpc) is 3.32. The molecular weight excluding hydrogens is 348 g/mol. The van der Waals surface area contributed by atoms with E-state index in [0.717, 1.165) is 29.3 Å². The van der Waals surface area contributed by atoms with E-state index in [0.29, 0.717) is 24.6 Å². The summed E-state index contributed by atoms with van der Waals surface area (Å²) in [6.07, 6.45) is 5.56. The Morgan fingerprint density at radius 1 is 1.35 bits per heavy atom. The number of rotatable bonds is 4. The van der Waals surface area contributed by atoms with Crippen molar-refractivity contribution in [3.8, 4) is 0 Å².